The number of aryl methyl sites for hydroxylation is 2. The second kappa shape index (κ2) is 5.16. The minimum Gasteiger partial charge on any atom is -0.399 e. The lowest BCUT2D eigenvalue weighted by Gasteiger charge is -2.08. The Morgan fingerprint density at radius 3 is 2.56 bits per heavy atom. The fourth-order valence-electron chi connectivity index (χ4n) is 1.66. The second-order valence-corrected chi connectivity index (χ2v) is 5.32. The fraction of sp³-hybridized carbons (Fsp3) is 0.133. The molecule has 0 bridgehead atoms. The van der Waals surface area contributed by atoms with E-state index in [1.165, 1.54) is 16.0 Å². The highest BCUT2D eigenvalue weighted by Gasteiger charge is 2.07. The number of rotatable bonds is 2. The van der Waals surface area contributed by atoms with Crippen LogP contribution in [0.2, 0.25) is 0 Å². The molecule has 18 heavy (non-hydrogen) atoms. The lowest BCUT2D eigenvalue weighted by atomic mass is 10.2. The smallest absolute Gasteiger partial charge is 0.100 e. The highest BCUT2D eigenvalue weighted by atomic mass is 32.2. The number of nitrogens with two attached hydrogens (primary N) is 1. The molecule has 0 saturated heterocycles. The van der Waals surface area contributed by atoms with Crippen molar-refractivity contribution in [1.82, 2.24) is 0 Å². The van der Waals surface area contributed by atoms with E-state index in [0.717, 1.165) is 4.90 Å². The molecule has 3 heteroatoms. The van der Waals surface area contributed by atoms with E-state index in [1.54, 1.807) is 17.8 Å². The van der Waals surface area contributed by atoms with Gasteiger partial charge in [-0.15, -0.1) is 0 Å². The van der Waals surface area contributed by atoms with E-state index >= 15 is 0 Å². The Labute approximate surface area is 111 Å². The highest BCUT2D eigenvalue weighted by molar-refractivity contribution is 7.99. The van der Waals surface area contributed by atoms with Gasteiger partial charge in [-0.05, 0) is 49.2 Å². The van der Waals surface area contributed by atoms with E-state index in [4.69, 9.17) is 11.0 Å². The van der Waals surface area contributed by atoms with Gasteiger partial charge in [-0.25, -0.2) is 0 Å². The molecule has 90 valence electrons. The molecule has 0 heterocycles. The molecule has 0 radical (unpaired) electrons. The molecule has 0 atom stereocenters. The lowest BCUT2D eigenvalue weighted by Crippen LogP contribution is -1.89. The average molecular weight is 254 g/mol. The first kappa shape index (κ1) is 12.5. The summed E-state index contributed by atoms with van der Waals surface area (Å²) in [4.78, 5) is 2.12. The molecular formula is C15H14N2S. The van der Waals surface area contributed by atoms with Crippen LogP contribution in [-0.2, 0) is 0 Å². The van der Waals surface area contributed by atoms with Gasteiger partial charge in [0, 0.05) is 15.5 Å². The first-order valence-electron chi connectivity index (χ1n) is 5.65. The SMILES string of the molecule is Cc1ccc(C)c(Sc2ccc(N)cc2C#N)c1. The number of nitrogens with zero attached hydrogens (tertiary/aromatic N) is 1. The van der Waals surface area contributed by atoms with Crippen LogP contribution >= 0.6 is 11.8 Å². The van der Waals surface area contributed by atoms with Crippen molar-refractivity contribution in [3.63, 3.8) is 0 Å². The zero-order valence-corrected chi connectivity index (χ0v) is 11.2. The number of benzene rings is 2. The molecule has 0 amide bonds. The molecule has 0 saturated carbocycles. The topological polar surface area (TPSA) is 49.8 Å². The molecule has 2 aromatic rings. The molecule has 0 aromatic heterocycles. The third-order valence-corrected chi connectivity index (χ3v) is 3.92. The van der Waals surface area contributed by atoms with Gasteiger partial charge in [0.05, 0.1) is 5.56 Å². The van der Waals surface area contributed by atoms with Crippen LogP contribution in [0, 0.1) is 25.2 Å². The normalized spacial score (nSPS) is 10.1. The fourth-order valence-corrected chi connectivity index (χ4v) is 2.72. The van der Waals surface area contributed by atoms with Gasteiger partial charge in [0.15, 0.2) is 0 Å². The van der Waals surface area contributed by atoms with Crippen LogP contribution in [0.25, 0.3) is 0 Å². The molecule has 0 unspecified atom stereocenters. The van der Waals surface area contributed by atoms with E-state index in [9.17, 15) is 0 Å². The van der Waals surface area contributed by atoms with Gasteiger partial charge in [0.1, 0.15) is 6.07 Å². The molecule has 2 N–H and O–H groups in total. The first-order chi connectivity index (χ1) is 8.60. The monoisotopic (exact) mass is 254 g/mol. The van der Waals surface area contributed by atoms with Crippen molar-refractivity contribution in [2.75, 3.05) is 5.73 Å². The van der Waals surface area contributed by atoms with Crippen molar-refractivity contribution >= 4 is 17.4 Å². The molecule has 0 aliphatic heterocycles. The third-order valence-electron chi connectivity index (χ3n) is 2.69. The number of nitrogen functional groups attached to an aromatic ring is 1. The Hall–Kier alpha value is -1.92. The van der Waals surface area contributed by atoms with E-state index in [1.807, 2.05) is 12.1 Å². The summed E-state index contributed by atoms with van der Waals surface area (Å²) in [6, 6.07) is 14.0. The van der Waals surface area contributed by atoms with Crippen LogP contribution in [0.3, 0.4) is 0 Å². The summed E-state index contributed by atoms with van der Waals surface area (Å²) in [5, 5.41) is 9.13. The maximum atomic E-state index is 9.13. The minimum absolute atomic E-state index is 0.622. The summed E-state index contributed by atoms with van der Waals surface area (Å²) in [7, 11) is 0. The third kappa shape index (κ3) is 2.66. The van der Waals surface area contributed by atoms with Crippen LogP contribution in [-0.4, -0.2) is 0 Å². The molecular weight excluding hydrogens is 240 g/mol. The van der Waals surface area contributed by atoms with Crippen LogP contribution in [0.4, 0.5) is 5.69 Å². The Morgan fingerprint density at radius 1 is 1.06 bits per heavy atom. The molecule has 0 aliphatic rings. The van der Waals surface area contributed by atoms with Crippen LogP contribution in [0.5, 0.6) is 0 Å². The van der Waals surface area contributed by atoms with E-state index in [2.05, 4.69) is 38.1 Å². The van der Waals surface area contributed by atoms with Crippen LogP contribution in [0.15, 0.2) is 46.2 Å². The van der Waals surface area contributed by atoms with Crippen molar-refractivity contribution in [3.05, 3.63) is 53.1 Å². The molecule has 2 rings (SSSR count). The number of hydrogen-bond acceptors (Lipinski definition) is 3. The number of hydrogen-bond donors (Lipinski definition) is 1. The van der Waals surface area contributed by atoms with Crippen LogP contribution < -0.4 is 5.73 Å². The predicted molar refractivity (Wildman–Crippen MR) is 75.6 cm³/mol. The van der Waals surface area contributed by atoms with E-state index in [0.29, 0.717) is 11.3 Å². The summed E-state index contributed by atoms with van der Waals surface area (Å²) in [6.07, 6.45) is 0. The van der Waals surface area contributed by atoms with Gasteiger partial charge < -0.3 is 5.73 Å². The van der Waals surface area contributed by atoms with E-state index < -0.39 is 0 Å². The molecule has 2 nitrogen and oxygen atoms in total. The standard InChI is InChI=1S/C15H14N2S/c1-10-3-4-11(2)15(7-10)18-14-6-5-13(17)8-12(14)9-16/h3-8H,17H2,1-2H3. The van der Waals surface area contributed by atoms with Gasteiger partial charge in [0.25, 0.3) is 0 Å². The maximum absolute atomic E-state index is 9.13. The molecule has 0 spiro atoms. The predicted octanol–water partition coefficient (Wildman–Crippen LogP) is 3.91. The van der Waals surface area contributed by atoms with Crippen molar-refractivity contribution < 1.29 is 0 Å². The van der Waals surface area contributed by atoms with Crippen molar-refractivity contribution in [2.24, 2.45) is 0 Å². The van der Waals surface area contributed by atoms with Crippen molar-refractivity contribution in [3.8, 4) is 6.07 Å². The summed E-state index contributed by atoms with van der Waals surface area (Å²) in [5.41, 5.74) is 9.37. The largest absolute Gasteiger partial charge is 0.399 e. The van der Waals surface area contributed by atoms with Gasteiger partial charge >= 0.3 is 0 Å². The van der Waals surface area contributed by atoms with Crippen LogP contribution in [0.1, 0.15) is 16.7 Å². The summed E-state index contributed by atoms with van der Waals surface area (Å²) >= 11 is 1.61. The molecule has 0 aliphatic carbocycles. The van der Waals surface area contributed by atoms with Gasteiger partial charge in [-0.2, -0.15) is 5.26 Å². The molecule has 0 fully saturated rings. The minimum atomic E-state index is 0.622. The summed E-state index contributed by atoms with van der Waals surface area (Å²) < 4.78 is 0. The number of anilines is 1. The molecule has 2 aromatic carbocycles. The zero-order chi connectivity index (χ0) is 13.1. The summed E-state index contributed by atoms with van der Waals surface area (Å²) in [5.74, 6) is 0. The average Bonchev–Trinajstić information content (AvgIpc) is 2.36. The first-order valence-corrected chi connectivity index (χ1v) is 6.46. The Morgan fingerprint density at radius 2 is 1.83 bits per heavy atom. The van der Waals surface area contributed by atoms with Gasteiger partial charge in [-0.1, -0.05) is 23.9 Å². The highest BCUT2D eigenvalue weighted by Crippen LogP contribution is 2.33. The zero-order valence-electron chi connectivity index (χ0n) is 10.4. The Balaban J connectivity index is 2.40. The van der Waals surface area contributed by atoms with Crippen molar-refractivity contribution in [2.45, 2.75) is 23.6 Å². The van der Waals surface area contributed by atoms with Gasteiger partial charge in [0.2, 0.25) is 0 Å². The second-order valence-electron chi connectivity index (χ2n) is 4.24. The summed E-state index contributed by atoms with van der Waals surface area (Å²) in [6.45, 7) is 4.14. The van der Waals surface area contributed by atoms with E-state index in [-0.39, 0.29) is 0 Å². The quantitative estimate of drug-likeness (QED) is 0.827. The maximum Gasteiger partial charge on any atom is 0.100 e. The Bertz CT molecular complexity index is 627. The van der Waals surface area contributed by atoms with Gasteiger partial charge in [-0.3, -0.25) is 0 Å². The Kier molecular flexibility index (Phi) is 3.59. The lowest BCUT2D eigenvalue weighted by molar-refractivity contribution is 1.25. The van der Waals surface area contributed by atoms with Crippen molar-refractivity contribution in [1.29, 1.82) is 5.26 Å². The number of nitriles is 1.